The van der Waals surface area contributed by atoms with Crippen LogP contribution in [-0.2, 0) is 12.5 Å². The maximum absolute atomic E-state index is 13.1. The van der Waals surface area contributed by atoms with E-state index in [1.807, 2.05) is 0 Å². The summed E-state index contributed by atoms with van der Waals surface area (Å²) in [5.74, 6) is -2.60. The highest BCUT2D eigenvalue weighted by Crippen LogP contribution is 2.42. The molecule has 0 amide bonds. The Morgan fingerprint density at radius 2 is 2.07 bits per heavy atom. The number of fused-ring (bicyclic) bond motifs is 1. The molecule has 0 saturated carbocycles. The van der Waals surface area contributed by atoms with Gasteiger partial charge in [0.05, 0.1) is 5.56 Å². The van der Waals surface area contributed by atoms with Crippen LogP contribution in [-0.4, -0.2) is 6.61 Å². The molecule has 2 nitrogen and oxygen atoms in total. The van der Waals surface area contributed by atoms with Crippen LogP contribution in [0, 0.1) is 12.8 Å². The van der Waals surface area contributed by atoms with Crippen LogP contribution in [0.2, 0.25) is 0 Å². The van der Waals surface area contributed by atoms with Gasteiger partial charge in [0.2, 0.25) is 0 Å². The first-order chi connectivity index (χ1) is 7.15. The van der Waals surface area contributed by atoms with Gasteiger partial charge < -0.3 is 10.5 Å². The first-order valence-electron chi connectivity index (χ1n) is 4.31. The number of alkyl halides is 2. The van der Waals surface area contributed by atoms with Gasteiger partial charge in [0.1, 0.15) is 5.75 Å². The highest BCUT2D eigenvalue weighted by molar-refractivity contribution is 5.46. The zero-order valence-corrected chi connectivity index (χ0v) is 8.04. The van der Waals surface area contributed by atoms with Crippen molar-refractivity contribution in [3.8, 4) is 18.6 Å². The molecular weight excluding hydrogens is 200 g/mol. The van der Waals surface area contributed by atoms with Crippen LogP contribution in [0.1, 0.15) is 11.1 Å². The maximum Gasteiger partial charge on any atom is 0.310 e. The molecule has 2 rings (SSSR count). The minimum atomic E-state index is -2.86. The zero-order valence-electron chi connectivity index (χ0n) is 8.04. The van der Waals surface area contributed by atoms with Crippen LogP contribution in [0.4, 0.5) is 8.78 Å². The number of para-hydroxylation sites is 1. The van der Waals surface area contributed by atoms with Crippen molar-refractivity contribution in [2.45, 2.75) is 12.5 Å². The minimum absolute atomic E-state index is 0.0459. The van der Waals surface area contributed by atoms with E-state index in [9.17, 15) is 8.78 Å². The lowest BCUT2D eigenvalue weighted by Crippen LogP contribution is -2.14. The van der Waals surface area contributed by atoms with Crippen molar-refractivity contribution >= 4 is 0 Å². The Hall–Kier alpha value is -1.60. The molecule has 0 radical (unpaired) electrons. The zero-order chi connectivity index (χ0) is 11.5. The lowest BCUT2D eigenvalue weighted by molar-refractivity contribution is -0.0214. The summed E-state index contributed by atoms with van der Waals surface area (Å²) in [6.07, 6.45) is 8.00. The Morgan fingerprint density at radius 3 is 2.67 bits per heavy atom. The molecule has 0 atom stereocenters. The highest BCUT2D eigenvalue weighted by atomic mass is 19.3. The van der Waals surface area contributed by atoms with Crippen molar-refractivity contribution in [1.82, 2.24) is 0 Å². The lowest BCUT2D eigenvalue weighted by atomic mass is 10.1. The molecule has 1 aliphatic heterocycles. The molecule has 0 saturated heterocycles. The Kier molecular flexibility index (Phi) is 3.28. The molecule has 2 N–H and O–H groups in total. The van der Waals surface area contributed by atoms with Crippen molar-refractivity contribution < 1.29 is 13.5 Å². The molecule has 1 heterocycles. The predicted molar refractivity (Wildman–Crippen MR) is 53.6 cm³/mol. The topological polar surface area (TPSA) is 35.2 Å². The molecule has 80 valence electrons. The molecule has 0 fully saturated rings. The van der Waals surface area contributed by atoms with Crippen LogP contribution in [0.3, 0.4) is 0 Å². The van der Waals surface area contributed by atoms with E-state index in [0.29, 0.717) is 5.56 Å². The number of benzene rings is 1. The predicted octanol–water partition coefficient (Wildman–Crippen LogP) is 1.88. The Balaban J connectivity index is 0.000000531. The van der Waals surface area contributed by atoms with Gasteiger partial charge in [-0.1, -0.05) is 12.1 Å². The SMILES string of the molecule is C#C.NCc1cccc2c1OCC2(F)F. The van der Waals surface area contributed by atoms with E-state index in [1.54, 1.807) is 12.1 Å². The van der Waals surface area contributed by atoms with Crippen LogP contribution >= 0.6 is 0 Å². The fourth-order valence-corrected chi connectivity index (χ4v) is 1.44. The second-order valence-corrected chi connectivity index (χ2v) is 2.99. The highest BCUT2D eigenvalue weighted by Gasteiger charge is 2.42. The summed E-state index contributed by atoms with van der Waals surface area (Å²) in [6.45, 7) is -0.349. The molecule has 0 aliphatic carbocycles. The number of ether oxygens (including phenoxy) is 1. The quantitative estimate of drug-likeness (QED) is 0.720. The molecule has 0 unspecified atom stereocenters. The molecule has 1 aromatic carbocycles. The molecule has 0 spiro atoms. The number of rotatable bonds is 1. The van der Waals surface area contributed by atoms with Crippen LogP contribution < -0.4 is 10.5 Å². The average molecular weight is 211 g/mol. The number of hydrogen-bond acceptors (Lipinski definition) is 2. The lowest BCUT2D eigenvalue weighted by Gasteiger charge is -2.06. The van der Waals surface area contributed by atoms with E-state index >= 15 is 0 Å². The maximum atomic E-state index is 13.1. The first kappa shape index (κ1) is 11.5. The van der Waals surface area contributed by atoms with Gasteiger partial charge in [-0.3, -0.25) is 0 Å². The molecule has 1 aliphatic rings. The summed E-state index contributed by atoms with van der Waals surface area (Å²) >= 11 is 0. The third kappa shape index (κ3) is 1.92. The number of nitrogens with two attached hydrogens (primary N) is 1. The summed E-state index contributed by atoms with van der Waals surface area (Å²) < 4.78 is 31.1. The molecule has 15 heavy (non-hydrogen) atoms. The monoisotopic (exact) mass is 211 g/mol. The fraction of sp³-hybridized carbons (Fsp3) is 0.273. The number of hydrogen-bond donors (Lipinski definition) is 1. The summed E-state index contributed by atoms with van der Waals surface area (Å²) in [5.41, 5.74) is 5.97. The third-order valence-electron chi connectivity index (χ3n) is 2.11. The van der Waals surface area contributed by atoms with Crippen molar-refractivity contribution in [3.05, 3.63) is 29.3 Å². The van der Waals surface area contributed by atoms with Crippen LogP contribution in [0.25, 0.3) is 0 Å². The van der Waals surface area contributed by atoms with Crippen molar-refractivity contribution in [1.29, 1.82) is 0 Å². The standard InChI is InChI=1S/C9H9F2NO.C2H2/c10-9(11)5-13-8-6(4-12)2-1-3-7(8)9;1-2/h1-3H,4-5,12H2;1-2H. The van der Waals surface area contributed by atoms with Gasteiger partial charge in [0.25, 0.3) is 0 Å². The van der Waals surface area contributed by atoms with Crippen LogP contribution in [0.5, 0.6) is 5.75 Å². The van der Waals surface area contributed by atoms with Gasteiger partial charge in [0.15, 0.2) is 6.61 Å². The van der Waals surface area contributed by atoms with E-state index in [1.165, 1.54) is 6.07 Å². The van der Waals surface area contributed by atoms with Gasteiger partial charge in [-0.2, -0.15) is 8.78 Å². The number of halogens is 2. The average Bonchev–Trinajstić information content (AvgIpc) is 2.58. The number of terminal acetylenes is 1. The summed E-state index contributed by atoms with van der Waals surface area (Å²) in [5, 5.41) is 0. The van der Waals surface area contributed by atoms with E-state index in [4.69, 9.17) is 10.5 Å². The van der Waals surface area contributed by atoms with Crippen LogP contribution in [0.15, 0.2) is 18.2 Å². The molecule has 4 heteroatoms. The third-order valence-corrected chi connectivity index (χ3v) is 2.11. The minimum Gasteiger partial charge on any atom is -0.486 e. The summed E-state index contributed by atoms with van der Waals surface area (Å²) in [6, 6.07) is 4.64. The normalized spacial score (nSPS) is 15.8. The summed E-state index contributed by atoms with van der Waals surface area (Å²) in [7, 11) is 0. The van der Waals surface area contributed by atoms with E-state index in [0.717, 1.165) is 0 Å². The van der Waals surface area contributed by atoms with Gasteiger partial charge >= 0.3 is 5.92 Å². The Morgan fingerprint density at radius 1 is 1.40 bits per heavy atom. The smallest absolute Gasteiger partial charge is 0.310 e. The summed E-state index contributed by atoms with van der Waals surface area (Å²) in [4.78, 5) is 0. The Labute approximate surface area is 87.0 Å². The van der Waals surface area contributed by atoms with Crippen molar-refractivity contribution in [2.24, 2.45) is 5.73 Å². The van der Waals surface area contributed by atoms with E-state index in [-0.39, 0.29) is 17.9 Å². The molecule has 1 aromatic rings. The van der Waals surface area contributed by atoms with Gasteiger partial charge in [-0.25, -0.2) is 0 Å². The van der Waals surface area contributed by atoms with Gasteiger partial charge in [0, 0.05) is 12.1 Å². The largest absolute Gasteiger partial charge is 0.486 e. The van der Waals surface area contributed by atoms with Gasteiger partial charge in [-0.15, -0.1) is 12.8 Å². The fourth-order valence-electron chi connectivity index (χ4n) is 1.44. The van der Waals surface area contributed by atoms with Crippen molar-refractivity contribution in [2.75, 3.05) is 6.61 Å². The van der Waals surface area contributed by atoms with E-state index in [2.05, 4.69) is 12.8 Å². The molecule has 0 aromatic heterocycles. The van der Waals surface area contributed by atoms with E-state index < -0.39 is 12.5 Å². The van der Waals surface area contributed by atoms with Crippen molar-refractivity contribution in [3.63, 3.8) is 0 Å². The molecule has 0 bridgehead atoms. The first-order valence-corrected chi connectivity index (χ1v) is 4.31. The Bertz CT molecular complexity index is 374. The second kappa shape index (κ2) is 4.28. The van der Waals surface area contributed by atoms with Gasteiger partial charge in [-0.05, 0) is 6.07 Å². The second-order valence-electron chi connectivity index (χ2n) is 2.99. The molecular formula is C11H11F2NO.